The maximum atomic E-state index is 14.2. The molecule has 0 radical (unpaired) electrons. The molecule has 1 N–H and O–H groups in total. The van der Waals surface area contributed by atoms with Gasteiger partial charge in [0.15, 0.2) is 0 Å². The number of rotatable bonds is 1. The highest BCUT2D eigenvalue weighted by Crippen LogP contribution is 2.37. The minimum Gasteiger partial charge on any atom is -0.496 e. The maximum absolute atomic E-state index is 14.2. The number of nitrogens with one attached hydrogen (secondary N) is 1. The summed E-state index contributed by atoms with van der Waals surface area (Å²) in [5.41, 5.74) is 0.349. The van der Waals surface area contributed by atoms with Crippen molar-refractivity contribution in [1.82, 2.24) is 5.32 Å². The van der Waals surface area contributed by atoms with Gasteiger partial charge in [-0.2, -0.15) is 0 Å². The first kappa shape index (κ1) is 9.46. The van der Waals surface area contributed by atoms with Crippen LogP contribution < -0.4 is 10.1 Å². The molecule has 1 unspecified atom stereocenters. The zero-order valence-corrected chi connectivity index (χ0v) is 8.43. The van der Waals surface area contributed by atoms with Crippen LogP contribution in [0.2, 0.25) is 0 Å². The maximum Gasteiger partial charge on any atom is 0.149 e. The van der Waals surface area contributed by atoms with E-state index in [0.29, 0.717) is 24.4 Å². The molecule has 1 aromatic rings. The van der Waals surface area contributed by atoms with Crippen molar-refractivity contribution in [1.29, 1.82) is 0 Å². The zero-order chi connectivity index (χ0) is 10.2. The molecule has 3 heteroatoms. The van der Waals surface area contributed by atoms with Gasteiger partial charge in [0.1, 0.15) is 11.4 Å². The van der Waals surface area contributed by atoms with Gasteiger partial charge in [0.25, 0.3) is 0 Å². The number of methoxy groups -OCH3 is 1. The van der Waals surface area contributed by atoms with Crippen LogP contribution in [-0.2, 0) is 12.2 Å². The number of hydrogen-bond donors (Lipinski definition) is 1. The van der Waals surface area contributed by atoms with E-state index in [9.17, 15) is 4.39 Å². The number of halogens is 1. The average Bonchev–Trinajstić information content (AvgIpc) is 2.16. The minimum absolute atomic E-state index is 0.348. The van der Waals surface area contributed by atoms with Crippen LogP contribution in [0.5, 0.6) is 5.75 Å². The zero-order valence-electron chi connectivity index (χ0n) is 8.43. The van der Waals surface area contributed by atoms with Crippen molar-refractivity contribution in [3.8, 4) is 5.75 Å². The van der Waals surface area contributed by atoms with Crippen LogP contribution in [0, 0.1) is 0 Å². The molecule has 0 spiro atoms. The third kappa shape index (κ3) is 1.38. The van der Waals surface area contributed by atoms with Crippen LogP contribution in [0.1, 0.15) is 18.1 Å². The molecular formula is C11H14FNO. The summed E-state index contributed by atoms with van der Waals surface area (Å²) >= 11 is 0. The van der Waals surface area contributed by atoms with E-state index in [2.05, 4.69) is 5.32 Å². The van der Waals surface area contributed by atoms with Gasteiger partial charge < -0.3 is 10.1 Å². The van der Waals surface area contributed by atoms with Crippen LogP contribution in [0.4, 0.5) is 4.39 Å². The van der Waals surface area contributed by atoms with Crippen LogP contribution in [0.25, 0.3) is 0 Å². The minimum atomic E-state index is -1.33. The summed E-state index contributed by atoms with van der Waals surface area (Å²) in [6.45, 7) is 2.65. The van der Waals surface area contributed by atoms with E-state index >= 15 is 0 Å². The molecule has 2 nitrogen and oxygen atoms in total. The normalized spacial score (nSPS) is 25.6. The second kappa shape index (κ2) is 3.24. The third-order valence-corrected chi connectivity index (χ3v) is 2.63. The van der Waals surface area contributed by atoms with Crippen LogP contribution in [0.15, 0.2) is 18.2 Å². The van der Waals surface area contributed by atoms with Crippen LogP contribution >= 0.6 is 0 Å². The number of benzene rings is 1. The lowest BCUT2D eigenvalue weighted by molar-refractivity contribution is 0.167. The Kier molecular flexibility index (Phi) is 2.19. The smallest absolute Gasteiger partial charge is 0.149 e. The van der Waals surface area contributed by atoms with E-state index in [-0.39, 0.29) is 0 Å². The summed E-state index contributed by atoms with van der Waals surface area (Å²) in [6, 6.07) is 5.63. The molecule has 0 aromatic heterocycles. The standard InChI is InChI=1S/C11H14FNO/c1-11(12)7-13-6-8-4-3-5-9(14-2)10(8)11/h3-5,13H,6-7H2,1-2H3. The Hall–Kier alpha value is -1.09. The first-order valence-corrected chi connectivity index (χ1v) is 4.71. The van der Waals surface area contributed by atoms with E-state index < -0.39 is 5.67 Å². The Bertz CT molecular complexity index is 335. The first-order chi connectivity index (χ1) is 6.65. The molecule has 1 aliphatic rings. The third-order valence-electron chi connectivity index (χ3n) is 2.63. The number of hydrogen-bond acceptors (Lipinski definition) is 2. The van der Waals surface area contributed by atoms with Gasteiger partial charge >= 0.3 is 0 Å². The predicted molar refractivity (Wildman–Crippen MR) is 53.2 cm³/mol. The van der Waals surface area contributed by atoms with Crippen molar-refractivity contribution in [2.75, 3.05) is 13.7 Å². The molecule has 1 heterocycles. The monoisotopic (exact) mass is 195 g/mol. The van der Waals surface area contributed by atoms with Crippen molar-refractivity contribution in [2.45, 2.75) is 19.1 Å². The fraction of sp³-hybridized carbons (Fsp3) is 0.455. The number of fused-ring (bicyclic) bond motifs is 1. The number of alkyl halides is 1. The lowest BCUT2D eigenvalue weighted by Crippen LogP contribution is -2.37. The Balaban J connectivity index is 2.58. The van der Waals surface area contributed by atoms with Gasteiger partial charge in [-0.25, -0.2) is 4.39 Å². The topological polar surface area (TPSA) is 21.3 Å². The quantitative estimate of drug-likeness (QED) is 0.739. The lowest BCUT2D eigenvalue weighted by Gasteiger charge is -2.30. The van der Waals surface area contributed by atoms with Crippen LogP contribution in [0.3, 0.4) is 0 Å². The SMILES string of the molecule is COc1cccc2c1C(C)(F)CNC2. The van der Waals surface area contributed by atoms with E-state index in [1.54, 1.807) is 14.0 Å². The molecule has 0 aliphatic carbocycles. The summed E-state index contributed by atoms with van der Waals surface area (Å²) in [5.74, 6) is 0.647. The van der Waals surface area contributed by atoms with Gasteiger partial charge in [0.2, 0.25) is 0 Å². The van der Waals surface area contributed by atoms with Gasteiger partial charge in [-0.3, -0.25) is 0 Å². The van der Waals surface area contributed by atoms with Gasteiger partial charge in [-0.1, -0.05) is 12.1 Å². The molecule has 0 fully saturated rings. The molecule has 2 rings (SSSR count). The summed E-state index contributed by atoms with van der Waals surface area (Å²) in [6.07, 6.45) is 0. The molecule has 1 atom stereocenters. The van der Waals surface area contributed by atoms with Gasteiger partial charge in [0.05, 0.1) is 7.11 Å². The summed E-state index contributed by atoms with van der Waals surface area (Å²) < 4.78 is 19.3. The Morgan fingerprint density at radius 2 is 2.29 bits per heavy atom. The Labute approximate surface area is 83.1 Å². The van der Waals surface area contributed by atoms with Crippen molar-refractivity contribution in [3.05, 3.63) is 29.3 Å². The molecule has 14 heavy (non-hydrogen) atoms. The highest BCUT2D eigenvalue weighted by atomic mass is 19.1. The van der Waals surface area contributed by atoms with Crippen molar-refractivity contribution < 1.29 is 9.13 Å². The Morgan fingerprint density at radius 1 is 1.50 bits per heavy atom. The van der Waals surface area contributed by atoms with Crippen LogP contribution in [-0.4, -0.2) is 13.7 Å². The van der Waals surface area contributed by atoms with Crippen molar-refractivity contribution >= 4 is 0 Å². The molecule has 1 aliphatic heterocycles. The van der Waals surface area contributed by atoms with Gasteiger partial charge in [-0.05, 0) is 18.6 Å². The van der Waals surface area contributed by atoms with Crippen molar-refractivity contribution in [3.63, 3.8) is 0 Å². The molecular weight excluding hydrogens is 181 g/mol. The second-order valence-electron chi connectivity index (χ2n) is 3.80. The van der Waals surface area contributed by atoms with Gasteiger partial charge in [-0.15, -0.1) is 0 Å². The molecule has 0 saturated heterocycles. The van der Waals surface area contributed by atoms with Gasteiger partial charge in [0, 0.05) is 18.7 Å². The lowest BCUT2D eigenvalue weighted by atomic mass is 9.89. The second-order valence-corrected chi connectivity index (χ2v) is 3.80. The molecule has 0 bridgehead atoms. The summed E-state index contributed by atoms with van der Waals surface area (Å²) in [4.78, 5) is 0. The average molecular weight is 195 g/mol. The molecule has 0 saturated carbocycles. The van der Waals surface area contributed by atoms with E-state index in [4.69, 9.17) is 4.74 Å². The van der Waals surface area contributed by atoms with Crippen molar-refractivity contribution in [2.24, 2.45) is 0 Å². The van der Waals surface area contributed by atoms with E-state index in [0.717, 1.165) is 5.56 Å². The first-order valence-electron chi connectivity index (χ1n) is 4.71. The highest BCUT2D eigenvalue weighted by Gasteiger charge is 2.34. The predicted octanol–water partition coefficient (Wildman–Crippen LogP) is 1.98. The summed E-state index contributed by atoms with van der Waals surface area (Å²) in [7, 11) is 1.58. The molecule has 1 aromatic carbocycles. The fourth-order valence-corrected chi connectivity index (χ4v) is 2.01. The largest absolute Gasteiger partial charge is 0.496 e. The highest BCUT2D eigenvalue weighted by molar-refractivity contribution is 5.45. The Morgan fingerprint density at radius 3 is 3.00 bits per heavy atom. The van der Waals surface area contributed by atoms with E-state index in [1.807, 2.05) is 18.2 Å². The summed E-state index contributed by atoms with van der Waals surface area (Å²) in [5, 5.41) is 3.05. The number of ether oxygens (including phenoxy) is 1. The molecule has 0 amide bonds. The fourth-order valence-electron chi connectivity index (χ4n) is 2.01. The van der Waals surface area contributed by atoms with E-state index in [1.165, 1.54) is 0 Å². The molecule has 76 valence electrons.